The maximum absolute atomic E-state index is 4.30. The number of hydrogen-bond donors (Lipinski definition) is 0. The molecule has 1 heteroatoms. The monoisotopic (exact) mass is 203 g/mol. The normalized spacial score (nSPS) is 13.0. The fourth-order valence-corrected chi connectivity index (χ4v) is 1.72. The van der Waals surface area contributed by atoms with Crippen molar-refractivity contribution in [3.05, 3.63) is 35.4 Å². The number of rotatable bonds is 3. The van der Waals surface area contributed by atoms with Crippen LogP contribution in [-0.2, 0) is 6.42 Å². The Hall–Kier alpha value is -1.11. The van der Waals surface area contributed by atoms with Crippen LogP contribution in [0.5, 0.6) is 0 Å². The second-order valence-corrected chi connectivity index (χ2v) is 4.80. The summed E-state index contributed by atoms with van der Waals surface area (Å²) >= 11 is 0. The average Bonchev–Trinajstić information content (AvgIpc) is 2.20. The zero-order valence-corrected chi connectivity index (χ0v) is 10.5. The van der Waals surface area contributed by atoms with Crippen LogP contribution in [0.3, 0.4) is 0 Å². The van der Waals surface area contributed by atoms with E-state index in [4.69, 9.17) is 0 Å². The number of nitrogens with zero attached hydrogens (tertiary/aromatic N) is 1. The summed E-state index contributed by atoms with van der Waals surface area (Å²) in [6.07, 6.45) is 1.06. The van der Waals surface area contributed by atoms with Gasteiger partial charge in [0.2, 0.25) is 0 Å². The molecule has 0 aromatic heterocycles. The van der Waals surface area contributed by atoms with Crippen LogP contribution in [0.25, 0.3) is 0 Å². The Morgan fingerprint density at radius 1 is 1.27 bits per heavy atom. The first kappa shape index (κ1) is 12.0. The van der Waals surface area contributed by atoms with Crippen molar-refractivity contribution in [3.63, 3.8) is 0 Å². The lowest BCUT2D eigenvalue weighted by molar-refractivity contribution is 0.515. The smallest absolute Gasteiger partial charge is 0.0276 e. The Kier molecular flexibility index (Phi) is 3.67. The Bertz CT molecular complexity index is 361. The predicted octanol–water partition coefficient (Wildman–Crippen LogP) is 3.65. The van der Waals surface area contributed by atoms with E-state index >= 15 is 0 Å². The van der Waals surface area contributed by atoms with Gasteiger partial charge in [0.25, 0.3) is 0 Å². The second kappa shape index (κ2) is 4.61. The summed E-state index contributed by atoms with van der Waals surface area (Å²) in [5.74, 6) is 0. The summed E-state index contributed by atoms with van der Waals surface area (Å²) < 4.78 is 0. The standard InChI is InChI=1S/C14H21N/c1-11-8-6-7-9-13(11)10-14(3,4)12(2)15-5/h6-9H,10H2,1-5H3. The van der Waals surface area contributed by atoms with E-state index in [1.54, 1.807) is 0 Å². The third kappa shape index (κ3) is 2.92. The minimum atomic E-state index is 0.154. The van der Waals surface area contributed by atoms with Crippen LogP contribution in [0, 0.1) is 12.3 Å². The molecule has 0 unspecified atom stereocenters. The number of hydrogen-bond acceptors (Lipinski definition) is 1. The summed E-state index contributed by atoms with van der Waals surface area (Å²) in [6.45, 7) is 8.78. The van der Waals surface area contributed by atoms with Gasteiger partial charge in [0.05, 0.1) is 0 Å². The highest BCUT2D eigenvalue weighted by Crippen LogP contribution is 2.25. The van der Waals surface area contributed by atoms with Gasteiger partial charge in [-0.1, -0.05) is 38.1 Å². The summed E-state index contributed by atoms with van der Waals surface area (Å²) in [6, 6.07) is 8.58. The third-order valence-electron chi connectivity index (χ3n) is 3.21. The molecule has 0 aliphatic rings. The van der Waals surface area contributed by atoms with Crippen LogP contribution in [0.2, 0.25) is 0 Å². The molecule has 0 N–H and O–H groups in total. The minimum absolute atomic E-state index is 0.154. The van der Waals surface area contributed by atoms with Gasteiger partial charge in [-0.25, -0.2) is 0 Å². The van der Waals surface area contributed by atoms with Crippen molar-refractivity contribution in [2.75, 3.05) is 7.05 Å². The maximum Gasteiger partial charge on any atom is 0.0276 e. The average molecular weight is 203 g/mol. The van der Waals surface area contributed by atoms with Gasteiger partial charge in [0, 0.05) is 18.2 Å². The molecule has 0 saturated carbocycles. The molecule has 1 aromatic carbocycles. The zero-order chi connectivity index (χ0) is 11.5. The Morgan fingerprint density at radius 2 is 1.87 bits per heavy atom. The van der Waals surface area contributed by atoms with E-state index in [1.807, 2.05) is 7.05 Å². The first-order chi connectivity index (χ1) is 6.97. The molecule has 0 atom stereocenters. The van der Waals surface area contributed by atoms with Gasteiger partial charge in [-0.15, -0.1) is 0 Å². The zero-order valence-electron chi connectivity index (χ0n) is 10.5. The Balaban J connectivity index is 2.91. The van der Waals surface area contributed by atoms with E-state index in [0.717, 1.165) is 6.42 Å². The molecule has 82 valence electrons. The van der Waals surface area contributed by atoms with Gasteiger partial charge >= 0.3 is 0 Å². The maximum atomic E-state index is 4.30. The van der Waals surface area contributed by atoms with Gasteiger partial charge in [0.1, 0.15) is 0 Å². The quantitative estimate of drug-likeness (QED) is 0.665. The van der Waals surface area contributed by atoms with Crippen LogP contribution < -0.4 is 0 Å². The van der Waals surface area contributed by atoms with Gasteiger partial charge in [-0.05, 0) is 31.4 Å². The third-order valence-corrected chi connectivity index (χ3v) is 3.21. The summed E-state index contributed by atoms with van der Waals surface area (Å²) in [4.78, 5) is 4.30. The van der Waals surface area contributed by atoms with Gasteiger partial charge < -0.3 is 0 Å². The molecule has 0 spiro atoms. The molecule has 0 aliphatic carbocycles. The van der Waals surface area contributed by atoms with Crippen molar-refractivity contribution < 1.29 is 0 Å². The lowest BCUT2D eigenvalue weighted by Gasteiger charge is -2.25. The lowest BCUT2D eigenvalue weighted by atomic mass is 9.80. The molecular weight excluding hydrogens is 182 g/mol. The lowest BCUT2D eigenvalue weighted by Crippen LogP contribution is -2.24. The van der Waals surface area contributed by atoms with Gasteiger partial charge in [0.15, 0.2) is 0 Å². The summed E-state index contributed by atoms with van der Waals surface area (Å²) in [5, 5.41) is 0. The summed E-state index contributed by atoms with van der Waals surface area (Å²) in [5.41, 5.74) is 4.16. The van der Waals surface area contributed by atoms with Gasteiger partial charge in [-0.3, -0.25) is 4.99 Å². The molecule has 0 bridgehead atoms. The number of aliphatic imine (C=N–C) groups is 1. The fourth-order valence-electron chi connectivity index (χ4n) is 1.72. The van der Waals surface area contributed by atoms with Crippen LogP contribution in [0.15, 0.2) is 29.3 Å². The minimum Gasteiger partial charge on any atom is -0.297 e. The van der Waals surface area contributed by atoms with Crippen LogP contribution in [0.4, 0.5) is 0 Å². The molecule has 0 amide bonds. The van der Waals surface area contributed by atoms with Crippen molar-refractivity contribution in [3.8, 4) is 0 Å². The van der Waals surface area contributed by atoms with E-state index in [-0.39, 0.29) is 5.41 Å². The highest BCUT2D eigenvalue weighted by atomic mass is 14.7. The molecular formula is C14H21N. The molecule has 15 heavy (non-hydrogen) atoms. The molecule has 1 rings (SSSR count). The summed E-state index contributed by atoms with van der Waals surface area (Å²) in [7, 11) is 1.87. The van der Waals surface area contributed by atoms with Crippen molar-refractivity contribution >= 4 is 5.71 Å². The molecule has 0 radical (unpaired) electrons. The van der Waals surface area contributed by atoms with Crippen LogP contribution in [-0.4, -0.2) is 12.8 Å². The molecule has 0 heterocycles. The van der Waals surface area contributed by atoms with E-state index < -0.39 is 0 Å². The Morgan fingerprint density at radius 3 is 2.40 bits per heavy atom. The molecule has 0 fully saturated rings. The predicted molar refractivity (Wildman–Crippen MR) is 67.7 cm³/mol. The fraction of sp³-hybridized carbons (Fsp3) is 0.500. The first-order valence-corrected chi connectivity index (χ1v) is 5.46. The van der Waals surface area contributed by atoms with Crippen molar-refractivity contribution in [2.24, 2.45) is 10.4 Å². The molecule has 1 nitrogen and oxygen atoms in total. The van der Waals surface area contributed by atoms with E-state index in [1.165, 1.54) is 16.8 Å². The number of aryl methyl sites for hydroxylation is 1. The molecule has 0 aliphatic heterocycles. The van der Waals surface area contributed by atoms with Crippen molar-refractivity contribution in [1.82, 2.24) is 0 Å². The largest absolute Gasteiger partial charge is 0.297 e. The number of benzene rings is 1. The first-order valence-electron chi connectivity index (χ1n) is 5.46. The highest BCUT2D eigenvalue weighted by molar-refractivity contribution is 5.87. The van der Waals surface area contributed by atoms with Crippen LogP contribution in [0.1, 0.15) is 31.9 Å². The van der Waals surface area contributed by atoms with E-state index in [9.17, 15) is 0 Å². The van der Waals surface area contributed by atoms with Crippen molar-refractivity contribution in [2.45, 2.75) is 34.1 Å². The Labute approximate surface area is 93.2 Å². The molecule has 1 aromatic rings. The second-order valence-electron chi connectivity index (χ2n) is 4.80. The van der Waals surface area contributed by atoms with Crippen LogP contribution >= 0.6 is 0 Å². The van der Waals surface area contributed by atoms with Crippen molar-refractivity contribution in [1.29, 1.82) is 0 Å². The highest BCUT2D eigenvalue weighted by Gasteiger charge is 2.22. The SMILES string of the molecule is CN=C(C)C(C)(C)Cc1ccccc1C. The van der Waals surface area contributed by atoms with E-state index in [2.05, 4.69) is 57.0 Å². The molecule has 0 saturated heterocycles. The topological polar surface area (TPSA) is 12.4 Å². The van der Waals surface area contributed by atoms with Gasteiger partial charge in [-0.2, -0.15) is 0 Å². The van der Waals surface area contributed by atoms with E-state index in [0.29, 0.717) is 0 Å².